The predicted molar refractivity (Wildman–Crippen MR) is 80.9 cm³/mol. The Morgan fingerprint density at radius 2 is 2.19 bits per heavy atom. The van der Waals surface area contributed by atoms with Gasteiger partial charge in [-0.15, -0.1) is 0 Å². The molecule has 2 rings (SSSR count). The zero-order valence-corrected chi connectivity index (χ0v) is 12.5. The van der Waals surface area contributed by atoms with Gasteiger partial charge in [0.1, 0.15) is 6.54 Å². The van der Waals surface area contributed by atoms with E-state index in [0.717, 1.165) is 24.1 Å². The first-order valence-electron chi connectivity index (χ1n) is 7.37. The van der Waals surface area contributed by atoms with Crippen molar-refractivity contribution >= 4 is 17.6 Å². The van der Waals surface area contributed by atoms with Crippen molar-refractivity contribution < 1.29 is 14.3 Å². The summed E-state index contributed by atoms with van der Waals surface area (Å²) < 4.78 is 5.27. The number of rotatable bonds is 4. The molecule has 1 aliphatic rings. The average Bonchev–Trinajstić information content (AvgIpc) is 2.59. The van der Waals surface area contributed by atoms with E-state index in [0.29, 0.717) is 6.42 Å². The van der Waals surface area contributed by atoms with Crippen LogP contribution in [0.3, 0.4) is 0 Å². The number of para-hydroxylation sites is 1. The molecular formula is C16H22N2O3. The Morgan fingerprint density at radius 3 is 2.90 bits per heavy atom. The predicted octanol–water partition coefficient (Wildman–Crippen LogP) is 1.63. The van der Waals surface area contributed by atoms with E-state index in [4.69, 9.17) is 10.5 Å². The molecular weight excluding hydrogens is 268 g/mol. The molecule has 5 nitrogen and oxygen atoms in total. The summed E-state index contributed by atoms with van der Waals surface area (Å²) >= 11 is 0. The van der Waals surface area contributed by atoms with Crippen LogP contribution in [0.2, 0.25) is 0 Å². The molecule has 114 valence electrons. The van der Waals surface area contributed by atoms with Gasteiger partial charge in [0.15, 0.2) is 0 Å². The van der Waals surface area contributed by atoms with E-state index in [1.165, 1.54) is 4.90 Å². The lowest BCUT2D eigenvalue weighted by molar-refractivity contribution is -0.147. The fourth-order valence-electron chi connectivity index (χ4n) is 2.38. The van der Waals surface area contributed by atoms with Gasteiger partial charge in [-0.3, -0.25) is 14.5 Å². The van der Waals surface area contributed by atoms with Gasteiger partial charge in [0.25, 0.3) is 0 Å². The van der Waals surface area contributed by atoms with Gasteiger partial charge in [-0.25, -0.2) is 0 Å². The van der Waals surface area contributed by atoms with Gasteiger partial charge < -0.3 is 10.5 Å². The van der Waals surface area contributed by atoms with Crippen molar-refractivity contribution in [2.75, 3.05) is 11.4 Å². The zero-order chi connectivity index (χ0) is 15.4. The second-order valence-corrected chi connectivity index (χ2v) is 5.41. The number of amides is 1. The highest BCUT2D eigenvalue weighted by atomic mass is 16.5. The molecule has 1 unspecified atom stereocenters. The lowest BCUT2D eigenvalue weighted by Gasteiger charge is -2.24. The second kappa shape index (κ2) is 6.72. The smallest absolute Gasteiger partial charge is 0.326 e. The highest BCUT2D eigenvalue weighted by Crippen LogP contribution is 2.26. The Balaban J connectivity index is 2.22. The number of esters is 1. The van der Waals surface area contributed by atoms with Gasteiger partial charge >= 0.3 is 5.97 Å². The van der Waals surface area contributed by atoms with Crippen LogP contribution >= 0.6 is 0 Å². The van der Waals surface area contributed by atoms with Crippen molar-refractivity contribution in [3.8, 4) is 0 Å². The molecule has 21 heavy (non-hydrogen) atoms. The van der Waals surface area contributed by atoms with E-state index in [2.05, 4.69) is 0 Å². The zero-order valence-electron chi connectivity index (χ0n) is 12.5. The maximum atomic E-state index is 12.4. The van der Waals surface area contributed by atoms with E-state index >= 15 is 0 Å². The first-order chi connectivity index (χ1) is 10.0. The van der Waals surface area contributed by atoms with Crippen LogP contribution in [-0.4, -0.2) is 30.6 Å². The molecule has 2 atom stereocenters. The molecule has 1 aromatic rings. The van der Waals surface area contributed by atoms with E-state index in [-0.39, 0.29) is 18.6 Å². The van der Waals surface area contributed by atoms with E-state index in [9.17, 15) is 9.59 Å². The average molecular weight is 290 g/mol. The monoisotopic (exact) mass is 290 g/mol. The number of benzene rings is 1. The molecule has 1 amide bonds. The molecule has 0 fully saturated rings. The van der Waals surface area contributed by atoms with Gasteiger partial charge in [0.2, 0.25) is 5.91 Å². The third-order valence-corrected chi connectivity index (χ3v) is 3.79. The number of ether oxygens (including phenoxy) is 1. The number of nitrogens with two attached hydrogens (primary N) is 1. The van der Waals surface area contributed by atoms with Gasteiger partial charge in [-0.2, -0.15) is 0 Å². The molecule has 0 saturated carbocycles. The minimum absolute atomic E-state index is 0.0894. The number of nitrogens with zero attached hydrogens (tertiary/aromatic N) is 1. The molecule has 0 saturated heterocycles. The van der Waals surface area contributed by atoms with Crippen LogP contribution in [0.4, 0.5) is 5.69 Å². The Hall–Kier alpha value is -1.88. The Labute approximate surface area is 125 Å². The van der Waals surface area contributed by atoms with Gasteiger partial charge in [0, 0.05) is 5.69 Å². The molecule has 5 heteroatoms. The summed E-state index contributed by atoms with van der Waals surface area (Å²) in [4.78, 5) is 25.8. The van der Waals surface area contributed by atoms with Crippen molar-refractivity contribution in [1.29, 1.82) is 0 Å². The van der Waals surface area contributed by atoms with E-state index in [1.807, 2.05) is 38.1 Å². The Kier molecular flexibility index (Phi) is 4.96. The number of carbonyl (C=O) groups is 2. The minimum Gasteiger partial charge on any atom is -0.461 e. The Bertz CT molecular complexity index is 530. The summed E-state index contributed by atoms with van der Waals surface area (Å²) in [6.45, 7) is 3.69. The van der Waals surface area contributed by atoms with Crippen molar-refractivity contribution in [3.63, 3.8) is 0 Å². The summed E-state index contributed by atoms with van der Waals surface area (Å²) in [5.74, 6) is -0.623. The van der Waals surface area contributed by atoms with Crippen LogP contribution < -0.4 is 10.6 Å². The molecule has 0 spiro atoms. The number of hydrogen-bond acceptors (Lipinski definition) is 4. The van der Waals surface area contributed by atoms with Gasteiger partial charge in [-0.05, 0) is 37.8 Å². The van der Waals surface area contributed by atoms with Crippen molar-refractivity contribution in [1.82, 2.24) is 0 Å². The standard InChI is InChI=1S/C16H22N2O3/c1-3-11(2)21-15(19)10-18-14-7-5-4-6-12(14)8-9-13(17)16(18)20/h4-7,11,13H,3,8-10,17H2,1-2H3/t11?,13-/m0/s1. The SMILES string of the molecule is CCC(C)OC(=O)CN1C(=O)[C@@H](N)CCc2ccccc21. The first kappa shape index (κ1) is 15.5. The number of hydrogen-bond donors (Lipinski definition) is 1. The summed E-state index contributed by atoms with van der Waals surface area (Å²) in [6.07, 6.45) is 1.92. The molecule has 2 N–H and O–H groups in total. The van der Waals surface area contributed by atoms with Crippen LogP contribution in [0.15, 0.2) is 24.3 Å². The van der Waals surface area contributed by atoms with Crippen LogP contribution in [0.25, 0.3) is 0 Å². The van der Waals surface area contributed by atoms with Crippen molar-refractivity contribution in [2.24, 2.45) is 5.73 Å². The van der Waals surface area contributed by atoms with Crippen LogP contribution in [0.1, 0.15) is 32.3 Å². The summed E-state index contributed by atoms with van der Waals surface area (Å²) in [5.41, 5.74) is 7.71. The first-order valence-corrected chi connectivity index (χ1v) is 7.37. The highest BCUT2D eigenvalue weighted by molar-refractivity contribution is 6.01. The van der Waals surface area contributed by atoms with E-state index < -0.39 is 12.0 Å². The molecule has 1 aliphatic heterocycles. The summed E-state index contributed by atoms with van der Waals surface area (Å²) in [7, 11) is 0. The van der Waals surface area contributed by atoms with Crippen LogP contribution in [0.5, 0.6) is 0 Å². The number of carbonyl (C=O) groups excluding carboxylic acids is 2. The third-order valence-electron chi connectivity index (χ3n) is 3.79. The van der Waals surface area contributed by atoms with Gasteiger partial charge in [-0.1, -0.05) is 25.1 Å². The fourth-order valence-corrected chi connectivity index (χ4v) is 2.38. The quantitative estimate of drug-likeness (QED) is 0.856. The molecule has 0 bridgehead atoms. The minimum atomic E-state index is -0.575. The summed E-state index contributed by atoms with van der Waals surface area (Å²) in [6, 6.07) is 7.02. The van der Waals surface area contributed by atoms with Crippen LogP contribution in [0, 0.1) is 0 Å². The maximum Gasteiger partial charge on any atom is 0.326 e. The fraction of sp³-hybridized carbons (Fsp3) is 0.500. The third kappa shape index (κ3) is 3.61. The summed E-state index contributed by atoms with van der Waals surface area (Å²) in [5, 5.41) is 0. The molecule has 1 aromatic carbocycles. The number of fused-ring (bicyclic) bond motifs is 1. The van der Waals surface area contributed by atoms with Crippen LogP contribution in [-0.2, 0) is 20.7 Å². The normalized spacial score (nSPS) is 19.7. The topological polar surface area (TPSA) is 72.6 Å². The number of anilines is 1. The van der Waals surface area contributed by atoms with Gasteiger partial charge in [0.05, 0.1) is 12.1 Å². The van der Waals surface area contributed by atoms with E-state index in [1.54, 1.807) is 0 Å². The van der Waals surface area contributed by atoms with Crippen molar-refractivity contribution in [3.05, 3.63) is 29.8 Å². The number of aryl methyl sites for hydroxylation is 1. The maximum absolute atomic E-state index is 12.4. The molecule has 1 heterocycles. The largest absolute Gasteiger partial charge is 0.461 e. The lowest BCUT2D eigenvalue weighted by Crippen LogP contribution is -2.45. The highest BCUT2D eigenvalue weighted by Gasteiger charge is 2.29. The molecule has 0 aliphatic carbocycles. The Morgan fingerprint density at radius 1 is 1.48 bits per heavy atom. The van der Waals surface area contributed by atoms with Crippen molar-refractivity contribution in [2.45, 2.75) is 45.3 Å². The lowest BCUT2D eigenvalue weighted by atomic mass is 10.1. The molecule has 0 aromatic heterocycles. The second-order valence-electron chi connectivity index (χ2n) is 5.41. The molecule has 0 radical (unpaired) electrons.